The number of hydrogen-bond acceptors (Lipinski definition) is 4. The Kier molecular flexibility index (Phi) is 3.83. The smallest absolute Gasteiger partial charge is 0.229 e. The molecule has 0 aromatic heterocycles. The number of nitro groups is 1. The summed E-state index contributed by atoms with van der Waals surface area (Å²) in [5.74, 6) is 0. The molecule has 5 nitrogen and oxygen atoms in total. The van der Waals surface area contributed by atoms with Crippen molar-refractivity contribution in [3.05, 3.63) is 10.1 Å². The molecule has 82 valence electrons. The van der Waals surface area contributed by atoms with E-state index in [-0.39, 0.29) is 11.0 Å². The zero-order chi connectivity index (χ0) is 10.6. The van der Waals surface area contributed by atoms with E-state index in [9.17, 15) is 10.1 Å². The first kappa shape index (κ1) is 11.4. The van der Waals surface area contributed by atoms with Crippen LogP contribution in [0.4, 0.5) is 0 Å². The van der Waals surface area contributed by atoms with Crippen LogP contribution >= 0.6 is 0 Å². The van der Waals surface area contributed by atoms with Crippen LogP contribution in [0.3, 0.4) is 0 Å². The van der Waals surface area contributed by atoms with E-state index in [1.54, 1.807) is 13.8 Å². The van der Waals surface area contributed by atoms with Gasteiger partial charge in [0.25, 0.3) is 0 Å². The Morgan fingerprint density at radius 3 is 2.86 bits per heavy atom. The van der Waals surface area contributed by atoms with Crippen molar-refractivity contribution in [2.24, 2.45) is 0 Å². The van der Waals surface area contributed by atoms with Crippen LogP contribution in [0.5, 0.6) is 0 Å². The van der Waals surface area contributed by atoms with Crippen LogP contribution in [0.2, 0.25) is 0 Å². The Labute approximate surface area is 84.0 Å². The van der Waals surface area contributed by atoms with Gasteiger partial charge in [0.1, 0.15) is 0 Å². The Balaban J connectivity index is 2.16. The maximum Gasteiger partial charge on any atom is 0.229 e. The van der Waals surface area contributed by atoms with Crippen molar-refractivity contribution in [1.82, 2.24) is 5.32 Å². The largest absolute Gasteiger partial charge is 0.377 e. The van der Waals surface area contributed by atoms with Gasteiger partial charge in [0, 0.05) is 31.9 Å². The first-order valence-corrected chi connectivity index (χ1v) is 4.99. The monoisotopic (exact) mass is 202 g/mol. The third-order valence-electron chi connectivity index (χ3n) is 2.45. The lowest BCUT2D eigenvalue weighted by Gasteiger charge is -2.17. The second-order valence-electron chi connectivity index (χ2n) is 4.34. The third kappa shape index (κ3) is 3.23. The molecule has 1 atom stereocenters. The summed E-state index contributed by atoms with van der Waals surface area (Å²) >= 11 is 0. The molecule has 1 rings (SSSR count). The summed E-state index contributed by atoms with van der Waals surface area (Å²) < 4.78 is 5.40. The first-order chi connectivity index (χ1) is 6.52. The van der Waals surface area contributed by atoms with Crippen molar-refractivity contribution in [1.29, 1.82) is 0 Å². The summed E-state index contributed by atoms with van der Waals surface area (Å²) in [5, 5.41) is 13.7. The lowest BCUT2D eigenvalue weighted by atomic mass is 10.1. The van der Waals surface area contributed by atoms with E-state index >= 15 is 0 Å². The van der Waals surface area contributed by atoms with Crippen molar-refractivity contribution in [3.8, 4) is 0 Å². The standard InChI is InChI=1S/C9H18N2O3/c1-9(2,11(12)13)7-10-6-8-4-3-5-14-8/h8,10H,3-7H2,1-2H3. The van der Waals surface area contributed by atoms with Gasteiger partial charge < -0.3 is 10.1 Å². The molecule has 0 spiro atoms. The molecule has 1 N–H and O–H groups in total. The number of nitrogens with one attached hydrogen (secondary N) is 1. The Morgan fingerprint density at radius 1 is 1.64 bits per heavy atom. The molecule has 0 bridgehead atoms. The molecule has 14 heavy (non-hydrogen) atoms. The molecule has 0 amide bonds. The molecule has 1 heterocycles. The Morgan fingerprint density at radius 2 is 2.36 bits per heavy atom. The Bertz CT molecular complexity index is 200. The zero-order valence-corrected chi connectivity index (χ0v) is 8.78. The number of rotatable bonds is 5. The van der Waals surface area contributed by atoms with Gasteiger partial charge in [0.15, 0.2) is 0 Å². The molecule has 1 fully saturated rings. The van der Waals surface area contributed by atoms with Crippen LogP contribution in [-0.4, -0.2) is 36.3 Å². The lowest BCUT2D eigenvalue weighted by molar-refractivity contribution is -0.558. The van der Waals surface area contributed by atoms with E-state index in [1.807, 2.05) is 0 Å². The fraction of sp³-hybridized carbons (Fsp3) is 1.00. The predicted molar refractivity (Wildman–Crippen MR) is 52.9 cm³/mol. The van der Waals surface area contributed by atoms with Crippen LogP contribution in [0.1, 0.15) is 26.7 Å². The highest BCUT2D eigenvalue weighted by Crippen LogP contribution is 2.11. The van der Waals surface area contributed by atoms with Gasteiger partial charge in [-0.1, -0.05) is 0 Å². The molecule has 0 aromatic carbocycles. The minimum Gasteiger partial charge on any atom is -0.377 e. The quantitative estimate of drug-likeness (QED) is 0.529. The van der Waals surface area contributed by atoms with Gasteiger partial charge in [0.05, 0.1) is 12.6 Å². The summed E-state index contributed by atoms with van der Waals surface area (Å²) in [7, 11) is 0. The van der Waals surface area contributed by atoms with Crippen molar-refractivity contribution >= 4 is 0 Å². The molecular weight excluding hydrogens is 184 g/mol. The van der Waals surface area contributed by atoms with Crippen molar-refractivity contribution in [2.45, 2.75) is 38.3 Å². The average Bonchev–Trinajstić information content (AvgIpc) is 2.56. The molecule has 0 radical (unpaired) electrons. The molecule has 5 heteroatoms. The van der Waals surface area contributed by atoms with Gasteiger partial charge in [0.2, 0.25) is 5.54 Å². The van der Waals surface area contributed by atoms with Gasteiger partial charge in [-0.25, -0.2) is 0 Å². The molecule has 1 aliphatic rings. The molecule has 1 unspecified atom stereocenters. The van der Waals surface area contributed by atoms with Crippen LogP contribution in [-0.2, 0) is 4.74 Å². The lowest BCUT2D eigenvalue weighted by Crippen LogP contribution is -2.43. The van der Waals surface area contributed by atoms with Crippen LogP contribution < -0.4 is 5.32 Å². The average molecular weight is 202 g/mol. The summed E-state index contributed by atoms with van der Waals surface area (Å²) in [6, 6.07) is 0. The highest BCUT2D eigenvalue weighted by molar-refractivity contribution is 4.73. The molecule has 0 aliphatic carbocycles. The maximum atomic E-state index is 10.6. The Hall–Kier alpha value is -0.680. The number of ether oxygens (including phenoxy) is 1. The second kappa shape index (κ2) is 4.70. The predicted octanol–water partition coefficient (Wildman–Crippen LogP) is 0.810. The fourth-order valence-corrected chi connectivity index (χ4v) is 1.41. The second-order valence-corrected chi connectivity index (χ2v) is 4.34. The summed E-state index contributed by atoms with van der Waals surface area (Å²) in [4.78, 5) is 10.3. The van der Waals surface area contributed by atoms with E-state index < -0.39 is 5.54 Å². The van der Waals surface area contributed by atoms with Gasteiger partial charge in [-0.15, -0.1) is 0 Å². The summed E-state index contributed by atoms with van der Waals surface area (Å²) in [5.41, 5.74) is -0.890. The van der Waals surface area contributed by atoms with E-state index in [2.05, 4.69) is 5.32 Å². The van der Waals surface area contributed by atoms with Gasteiger partial charge in [-0.2, -0.15) is 0 Å². The summed E-state index contributed by atoms with van der Waals surface area (Å²) in [6.45, 7) is 5.17. The fourth-order valence-electron chi connectivity index (χ4n) is 1.41. The van der Waals surface area contributed by atoms with E-state index in [1.165, 1.54) is 0 Å². The first-order valence-electron chi connectivity index (χ1n) is 4.99. The maximum absolute atomic E-state index is 10.6. The van der Waals surface area contributed by atoms with E-state index in [4.69, 9.17) is 4.74 Å². The van der Waals surface area contributed by atoms with Crippen molar-refractivity contribution in [2.75, 3.05) is 19.7 Å². The van der Waals surface area contributed by atoms with Crippen LogP contribution in [0.15, 0.2) is 0 Å². The SMILES string of the molecule is CC(C)(CNCC1CCCO1)[N+](=O)[O-]. The third-order valence-corrected chi connectivity index (χ3v) is 2.45. The van der Waals surface area contributed by atoms with Crippen molar-refractivity contribution < 1.29 is 9.66 Å². The highest BCUT2D eigenvalue weighted by Gasteiger charge is 2.30. The van der Waals surface area contributed by atoms with Crippen LogP contribution in [0, 0.1) is 10.1 Å². The molecule has 0 aromatic rings. The minimum absolute atomic E-state index is 0.248. The number of nitrogens with zero attached hydrogens (tertiary/aromatic N) is 1. The van der Waals surface area contributed by atoms with Crippen molar-refractivity contribution in [3.63, 3.8) is 0 Å². The van der Waals surface area contributed by atoms with E-state index in [0.717, 1.165) is 26.0 Å². The highest BCUT2D eigenvalue weighted by atomic mass is 16.6. The van der Waals surface area contributed by atoms with Gasteiger partial charge in [-0.05, 0) is 12.8 Å². The minimum atomic E-state index is -0.890. The molecule has 0 saturated carbocycles. The molecule has 1 aliphatic heterocycles. The number of hydrogen-bond donors (Lipinski definition) is 1. The van der Waals surface area contributed by atoms with Gasteiger partial charge in [-0.3, -0.25) is 10.1 Å². The zero-order valence-electron chi connectivity index (χ0n) is 8.78. The summed E-state index contributed by atoms with van der Waals surface area (Å²) in [6.07, 6.45) is 2.41. The van der Waals surface area contributed by atoms with Gasteiger partial charge >= 0.3 is 0 Å². The van der Waals surface area contributed by atoms with E-state index in [0.29, 0.717) is 6.54 Å². The topological polar surface area (TPSA) is 64.4 Å². The normalized spacial score (nSPS) is 22.6. The van der Waals surface area contributed by atoms with Crippen LogP contribution in [0.25, 0.3) is 0 Å². The molecule has 1 saturated heterocycles. The molecular formula is C9H18N2O3.